The number of hydrogen-bond acceptors (Lipinski definition) is 3. The van der Waals surface area contributed by atoms with Crippen molar-refractivity contribution in [2.24, 2.45) is 5.73 Å². The normalized spacial score (nSPS) is 24.5. The summed E-state index contributed by atoms with van der Waals surface area (Å²) in [6, 6.07) is 10.1. The van der Waals surface area contributed by atoms with Gasteiger partial charge in [0.15, 0.2) is 0 Å². The van der Waals surface area contributed by atoms with Crippen LogP contribution in [0.5, 0.6) is 0 Å². The lowest BCUT2D eigenvalue weighted by Crippen LogP contribution is -2.58. The van der Waals surface area contributed by atoms with Gasteiger partial charge in [0.1, 0.15) is 0 Å². The van der Waals surface area contributed by atoms with Crippen molar-refractivity contribution in [3.05, 3.63) is 35.9 Å². The number of amides is 2. The van der Waals surface area contributed by atoms with Gasteiger partial charge in [-0.3, -0.25) is 14.5 Å². The van der Waals surface area contributed by atoms with Crippen molar-refractivity contribution in [3.8, 4) is 0 Å². The number of nitrogens with zero attached hydrogens (tertiary/aromatic N) is 2. The van der Waals surface area contributed by atoms with E-state index in [2.05, 4.69) is 18.7 Å². The van der Waals surface area contributed by atoms with Crippen LogP contribution in [0.25, 0.3) is 0 Å². The fraction of sp³-hybridized carbons (Fsp3) is 0.600. The van der Waals surface area contributed by atoms with E-state index >= 15 is 0 Å². The van der Waals surface area contributed by atoms with Crippen LogP contribution in [0, 0.1) is 0 Å². The summed E-state index contributed by atoms with van der Waals surface area (Å²) in [5.41, 5.74) is 6.21. The van der Waals surface area contributed by atoms with Crippen molar-refractivity contribution in [2.75, 3.05) is 19.6 Å². The summed E-state index contributed by atoms with van der Waals surface area (Å²) in [6.07, 6.45) is 3.32. The summed E-state index contributed by atoms with van der Waals surface area (Å²) in [5, 5.41) is 0. The molecule has 2 aliphatic heterocycles. The van der Waals surface area contributed by atoms with Gasteiger partial charge in [0.25, 0.3) is 0 Å². The van der Waals surface area contributed by atoms with Gasteiger partial charge in [-0.05, 0) is 45.1 Å². The van der Waals surface area contributed by atoms with E-state index in [1.807, 2.05) is 35.2 Å². The number of rotatable bonds is 4. The van der Waals surface area contributed by atoms with Gasteiger partial charge in [0.2, 0.25) is 11.8 Å². The Labute approximate surface area is 150 Å². The van der Waals surface area contributed by atoms with Gasteiger partial charge >= 0.3 is 0 Å². The van der Waals surface area contributed by atoms with Crippen molar-refractivity contribution in [1.82, 2.24) is 9.80 Å². The fourth-order valence-corrected chi connectivity index (χ4v) is 4.38. The predicted octanol–water partition coefficient (Wildman–Crippen LogP) is 1.90. The van der Waals surface area contributed by atoms with Crippen LogP contribution in [0.1, 0.15) is 45.1 Å². The van der Waals surface area contributed by atoms with E-state index in [9.17, 15) is 9.59 Å². The molecule has 1 unspecified atom stereocenters. The second kappa shape index (κ2) is 7.16. The number of hydrogen-bond donors (Lipinski definition) is 1. The first kappa shape index (κ1) is 17.9. The smallest absolute Gasteiger partial charge is 0.240 e. The zero-order valence-corrected chi connectivity index (χ0v) is 15.3. The average molecular weight is 343 g/mol. The second-order valence-electron chi connectivity index (χ2n) is 7.63. The van der Waals surface area contributed by atoms with E-state index in [-0.39, 0.29) is 23.9 Å². The van der Waals surface area contributed by atoms with Gasteiger partial charge in [-0.25, -0.2) is 0 Å². The molecule has 0 bridgehead atoms. The third-order valence-electron chi connectivity index (χ3n) is 5.96. The molecule has 2 saturated heterocycles. The third kappa shape index (κ3) is 3.30. The zero-order valence-electron chi connectivity index (χ0n) is 15.3. The molecule has 1 atom stereocenters. The van der Waals surface area contributed by atoms with E-state index in [1.54, 1.807) is 0 Å². The highest BCUT2D eigenvalue weighted by atomic mass is 16.2. The first-order valence-corrected chi connectivity index (χ1v) is 9.36. The van der Waals surface area contributed by atoms with Crippen molar-refractivity contribution >= 4 is 11.8 Å². The Kier molecular flexibility index (Phi) is 5.13. The first-order chi connectivity index (χ1) is 12.0. The summed E-state index contributed by atoms with van der Waals surface area (Å²) >= 11 is 0. The highest BCUT2D eigenvalue weighted by Crippen LogP contribution is 2.36. The molecule has 25 heavy (non-hydrogen) atoms. The summed E-state index contributed by atoms with van der Waals surface area (Å²) in [6.45, 7) is 6.48. The van der Waals surface area contributed by atoms with Gasteiger partial charge in [0, 0.05) is 25.7 Å². The highest BCUT2D eigenvalue weighted by molar-refractivity contribution is 5.87. The van der Waals surface area contributed by atoms with Crippen LogP contribution in [-0.4, -0.2) is 53.3 Å². The van der Waals surface area contributed by atoms with Gasteiger partial charge < -0.3 is 10.6 Å². The minimum atomic E-state index is -0.604. The molecule has 0 aromatic heterocycles. The molecule has 5 heteroatoms. The Morgan fingerprint density at radius 1 is 1.16 bits per heavy atom. The maximum Gasteiger partial charge on any atom is 0.240 e. The molecule has 0 saturated carbocycles. The van der Waals surface area contributed by atoms with Crippen molar-refractivity contribution in [3.63, 3.8) is 0 Å². The standard InChI is InChI=1S/C20H29N3O2/c1-15(2)23-12-6-9-17(18(23)24)22-13-10-20(11-14-22,19(21)25)16-7-4-3-5-8-16/h3-5,7-8,15,17H,6,9-14H2,1-2H3,(H2,21,25). The summed E-state index contributed by atoms with van der Waals surface area (Å²) in [5.74, 6) is -0.00957. The minimum absolute atomic E-state index is 0.0437. The average Bonchev–Trinajstić information content (AvgIpc) is 2.62. The third-order valence-corrected chi connectivity index (χ3v) is 5.96. The maximum atomic E-state index is 12.8. The Balaban J connectivity index is 1.74. The van der Waals surface area contributed by atoms with Crippen LogP contribution in [0.4, 0.5) is 0 Å². The largest absolute Gasteiger partial charge is 0.369 e. The van der Waals surface area contributed by atoms with Crippen molar-refractivity contribution in [2.45, 2.75) is 57.0 Å². The molecule has 5 nitrogen and oxygen atoms in total. The summed E-state index contributed by atoms with van der Waals surface area (Å²) < 4.78 is 0. The highest BCUT2D eigenvalue weighted by Gasteiger charge is 2.44. The topological polar surface area (TPSA) is 66.6 Å². The monoisotopic (exact) mass is 343 g/mol. The minimum Gasteiger partial charge on any atom is -0.369 e. The molecular formula is C20H29N3O2. The number of carbonyl (C=O) groups excluding carboxylic acids is 2. The molecule has 3 rings (SSSR count). The lowest BCUT2D eigenvalue weighted by molar-refractivity contribution is -0.143. The number of carbonyl (C=O) groups is 2. The van der Waals surface area contributed by atoms with Crippen LogP contribution >= 0.6 is 0 Å². The maximum absolute atomic E-state index is 12.8. The van der Waals surface area contributed by atoms with Crippen LogP contribution in [-0.2, 0) is 15.0 Å². The number of piperidine rings is 2. The molecule has 2 heterocycles. The molecule has 0 aliphatic carbocycles. The Morgan fingerprint density at radius 3 is 2.36 bits per heavy atom. The van der Waals surface area contributed by atoms with Gasteiger partial charge in [-0.15, -0.1) is 0 Å². The molecule has 2 fully saturated rings. The number of primary amides is 1. The van der Waals surface area contributed by atoms with E-state index in [0.717, 1.165) is 38.0 Å². The lowest BCUT2D eigenvalue weighted by atomic mass is 9.72. The van der Waals surface area contributed by atoms with E-state index in [1.165, 1.54) is 0 Å². The van der Waals surface area contributed by atoms with Crippen LogP contribution in [0.2, 0.25) is 0 Å². The van der Waals surface area contributed by atoms with Gasteiger partial charge in [-0.1, -0.05) is 30.3 Å². The number of likely N-dealkylation sites (tertiary alicyclic amines) is 2. The Morgan fingerprint density at radius 2 is 1.80 bits per heavy atom. The zero-order chi connectivity index (χ0) is 18.0. The van der Waals surface area contributed by atoms with Crippen LogP contribution in [0.15, 0.2) is 30.3 Å². The quantitative estimate of drug-likeness (QED) is 0.908. The molecule has 0 spiro atoms. The lowest BCUT2D eigenvalue weighted by Gasteiger charge is -2.45. The van der Waals surface area contributed by atoms with Crippen LogP contribution < -0.4 is 5.73 Å². The van der Waals surface area contributed by atoms with Gasteiger partial charge in [-0.2, -0.15) is 0 Å². The molecule has 1 aromatic rings. The first-order valence-electron chi connectivity index (χ1n) is 9.36. The van der Waals surface area contributed by atoms with E-state index in [4.69, 9.17) is 5.73 Å². The molecule has 1 aromatic carbocycles. The molecule has 136 valence electrons. The van der Waals surface area contributed by atoms with Gasteiger partial charge in [0.05, 0.1) is 11.5 Å². The predicted molar refractivity (Wildman–Crippen MR) is 98.0 cm³/mol. The second-order valence-corrected chi connectivity index (χ2v) is 7.63. The van der Waals surface area contributed by atoms with E-state index in [0.29, 0.717) is 12.8 Å². The SMILES string of the molecule is CC(C)N1CCCC(N2CCC(C(N)=O)(c3ccccc3)CC2)C1=O. The number of nitrogens with two attached hydrogens (primary N) is 1. The molecule has 2 amide bonds. The Bertz CT molecular complexity index is 621. The molecular weight excluding hydrogens is 314 g/mol. The fourth-order valence-electron chi connectivity index (χ4n) is 4.38. The summed E-state index contributed by atoms with van der Waals surface area (Å²) in [7, 11) is 0. The van der Waals surface area contributed by atoms with E-state index < -0.39 is 5.41 Å². The molecule has 2 N–H and O–H groups in total. The van der Waals surface area contributed by atoms with Crippen molar-refractivity contribution in [1.29, 1.82) is 0 Å². The summed E-state index contributed by atoms with van der Waals surface area (Å²) in [4.78, 5) is 29.4. The van der Waals surface area contributed by atoms with Crippen molar-refractivity contribution < 1.29 is 9.59 Å². The van der Waals surface area contributed by atoms with Crippen LogP contribution in [0.3, 0.4) is 0 Å². The number of benzene rings is 1. The Hall–Kier alpha value is -1.88. The molecule has 2 aliphatic rings. The molecule has 0 radical (unpaired) electrons.